The fraction of sp³-hybridized carbons (Fsp3) is 0.381. The van der Waals surface area contributed by atoms with Gasteiger partial charge in [0.2, 0.25) is 0 Å². The molecular weight excluding hydrogens is 330 g/mol. The van der Waals surface area contributed by atoms with Crippen molar-refractivity contribution in [1.29, 1.82) is 0 Å². The van der Waals surface area contributed by atoms with Gasteiger partial charge < -0.3 is 14.6 Å². The first kappa shape index (κ1) is 18.4. The largest absolute Gasteiger partial charge is 0.490 e. The monoisotopic (exact) mass is 355 g/mol. The molecule has 0 aliphatic carbocycles. The molecule has 1 aliphatic rings. The summed E-state index contributed by atoms with van der Waals surface area (Å²) in [5.41, 5.74) is 2.09. The average molecular weight is 355 g/mol. The molecule has 5 heteroatoms. The number of nitrogens with zero attached hydrogens (tertiary/aromatic N) is 1. The number of hydrogen-bond acceptors (Lipinski definition) is 4. The van der Waals surface area contributed by atoms with Crippen LogP contribution in [0.5, 0.6) is 5.75 Å². The van der Waals surface area contributed by atoms with Crippen LogP contribution in [0.4, 0.5) is 0 Å². The number of carboxylic acids is 1. The van der Waals surface area contributed by atoms with E-state index in [9.17, 15) is 4.79 Å². The molecule has 2 aromatic rings. The second-order valence-electron chi connectivity index (χ2n) is 6.91. The molecule has 0 bridgehead atoms. The normalized spacial score (nSPS) is 20.2. The minimum Gasteiger partial charge on any atom is -0.490 e. The number of rotatable bonds is 7. The van der Waals surface area contributed by atoms with Crippen molar-refractivity contribution in [1.82, 2.24) is 4.90 Å². The number of para-hydroxylation sites is 1. The third-order valence-corrected chi connectivity index (χ3v) is 4.99. The van der Waals surface area contributed by atoms with Gasteiger partial charge in [-0.1, -0.05) is 30.3 Å². The third kappa shape index (κ3) is 4.23. The van der Waals surface area contributed by atoms with Gasteiger partial charge in [-0.15, -0.1) is 0 Å². The van der Waals surface area contributed by atoms with E-state index < -0.39 is 5.97 Å². The van der Waals surface area contributed by atoms with E-state index in [-0.39, 0.29) is 5.60 Å². The number of carbonyl (C=O) groups is 1. The number of hydrogen-bond donors (Lipinski definition) is 1. The maximum atomic E-state index is 11.1. The summed E-state index contributed by atoms with van der Waals surface area (Å²) in [6.07, 6.45) is 0.883. The Bertz CT molecular complexity index is 776. The van der Waals surface area contributed by atoms with E-state index in [1.165, 1.54) is 0 Å². The summed E-state index contributed by atoms with van der Waals surface area (Å²) in [4.78, 5) is 13.4. The molecule has 1 saturated heterocycles. The van der Waals surface area contributed by atoms with Gasteiger partial charge in [0.25, 0.3) is 0 Å². The van der Waals surface area contributed by atoms with Gasteiger partial charge in [-0.25, -0.2) is 4.79 Å². The lowest BCUT2D eigenvalue weighted by atomic mass is 10.0. The first-order valence-corrected chi connectivity index (χ1v) is 8.79. The van der Waals surface area contributed by atoms with E-state index in [0.717, 1.165) is 36.4 Å². The second kappa shape index (κ2) is 7.89. The number of methoxy groups -OCH3 is 1. The molecule has 1 fully saturated rings. The highest BCUT2D eigenvalue weighted by Gasteiger charge is 2.39. The molecule has 138 valence electrons. The number of ether oxygens (including phenoxy) is 2. The van der Waals surface area contributed by atoms with Crippen molar-refractivity contribution in [3.05, 3.63) is 65.2 Å². The Morgan fingerprint density at radius 1 is 1.23 bits per heavy atom. The molecule has 5 nitrogen and oxygen atoms in total. The van der Waals surface area contributed by atoms with Gasteiger partial charge in [-0.2, -0.15) is 0 Å². The molecule has 1 N–H and O–H groups in total. The van der Waals surface area contributed by atoms with Crippen molar-refractivity contribution < 1.29 is 19.4 Å². The molecule has 1 atom stereocenters. The number of benzene rings is 2. The van der Waals surface area contributed by atoms with Crippen LogP contribution in [0.25, 0.3) is 0 Å². The van der Waals surface area contributed by atoms with E-state index in [1.807, 2.05) is 37.3 Å². The number of carboxylic acid groups (broad SMARTS) is 1. The van der Waals surface area contributed by atoms with Gasteiger partial charge in [0, 0.05) is 26.7 Å². The standard InChI is InChI=1S/C21H25NO4/c1-16-6-3-4-9-19(16)26-15-21(25-2)10-11-22(14-21)13-17-7-5-8-18(12-17)20(23)24/h3-9,12H,10-11,13-15H2,1-2H3,(H,23,24)/t21-/m1/s1. The topological polar surface area (TPSA) is 59.0 Å². The molecule has 0 saturated carbocycles. The van der Waals surface area contributed by atoms with Crippen molar-refractivity contribution in [2.75, 3.05) is 26.8 Å². The summed E-state index contributed by atoms with van der Waals surface area (Å²) in [6.45, 7) is 4.89. The molecule has 1 heterocycles. The van der Waals surface area contributed by atoms with E-state index in [2.05, 4.69) is 4.90 Å². The van der Waals surface area contributed by atoms with Gasteiger partial charge in [-0.3, -0.25) is 4.90 Å². The molecule has 0 amide bonds. The van der Waals surface area contributed by atoms with Crippen LogP contribution in [0.15, 0.2) is 48.5 Å². The van der Waals surface area contributed by atoms with Gasteiger partial charge in [0.15, 0.2) is 0 Å². The Labute approximate surface area is 154 Å². The quantitative estimate of drug-likeness (QED) is 0.825. The highest BCUT2D eigenvalue weighted by molar-refractivity contribution is 5.87. The molecule has 26 heavy (non-hydrogen) atoms. The fourth-order valence-electron chi connectivity index (χ4n) is 3.39. The van der Waals surface area contributed by atoms with Crippen LogP contribution >= 0.6 is 0 Å². The van der Waals surface area contributed by atoms with E-state index >= 15 is 0 Å². The zero-order chi connectivity index (χ0) is 18.6. The summed E-state index contributed by atoms with van der Waals surface area (Å²) in [5, 5.41) is 9.14. The van der Waals surface area contributed by atoms with Crippen molar-refractivity contribution in [2.24, 2.45) is 0 Å². The third-order valence-electron chi connectivity index (χ3n) is 4.99. The van der Waals surface area contributed by atoms with Gasteiger partial charge >= 0.3 is 5.97 Å². The van der Waals surface area contributed by atoms with Gasteiger partial charge in [0.1, 0.15) is 18.0 Å². The molecular formula is C21H25NO4. The molecule has 3 rings (SSSR count). The number of aryl methyl sites for hydroxylation is 1. The lowest BCUT2D eigenvalue weighted by Crippen LogP contribution is -2.41. The van der Waals surface area contributed by atoms with Crippen LogP contribution < -0.4 is 4.74 Å². The summed E-state index contributed by atoms with van der Waals surface area (Å²) >= 11 is 0. The average Bonchev–Trinajstić information content (AvgIpc) is 3.05. The fourth-order valence-corrected chi connectivity index (χ4v) is 3.39. The summed E-state index contributed by atoms with van der Waals surface area (Å²) in [5.74, 6) is -0.0114. The minimum absolute atomic E-state index is 0.322. The lowest BCUT2D eigenvalue weighted by Gasteiger charge is -2.28. The van der Waals surface area contributed by atoms with Gasteiger partial charge in [-0.05, 0) is 42.7 Å². The van der Waals surface area contributed by atoms with E-state index in [4.69, 9.17) is 14.6 Å². The Morgan fingerprint density at radius 2 is 2.04 bits per heavy atom. The summed E-state index contributed by atoms with van der Waals surface area (Å²) in [6, 6.07) is 15.1. The smallest absolute Gasteiger partial charge is 0.335 e. The second-order valence-corrected chi connectivity index (χ2v) is 6.91. The van der Waals surface area contributed by atoms with Crippen LogP contribution in [-0.2, 0) is 11.3 Å². The SMILES string of the molecule is CO[C@]1(COc2ccccc2C)CCN(Cc2cccc(C(=O)O)c2)C1. The molecule has 0 spiro atoms. The van der Waals surface area contributed by atoms with Crippen molar-refractivity contribution in [3.63, 3.8) is 0 Å². The first-order valence-electron chi connectivity index (χ1n) is 8.79. The summed E-state index contributed by atoms with van der Waals surface area (Å²) < 4.78 is 11.9. The number of likely N-dealkylation sites (tertiary alicyclic amines) is 1. The molecule has 1 aliphatic heterocycles. The van der Waals surface area contributed by atoms with Crippen molar-refractivity contribution >= 4 is 5.97 Å². The van der Waals surface area contributed by atoms with Crippen LogP contribution in [0.2, 0.25) is 0 Å². The van der Waals surface area contributed by atoms with Crippen LogP contribution in [0, 0.1) is 6.92 Å². The van der Waals surface area contributed by atoms with E-state index in [0.29, 0.717) is 18.7 Å². The van der Waals surface area contributed by atoms with Crippen molar-refractivity contribution in [3.8, 4) is 5.75 Å². The highest BCUT2D eigenvalue weighted by Crippen LogP contribution is 2.28. The Kier molecular flexibility index (Phi) is 5.59. The molecule has 0 aromatic heterocycles. The van der Waals surface area contributed by atoms with Crippen molar-refractivity contribution in [2.45, 2.75) is 25.5 Å². The maximum absolute atomic E-state index is 11.1. The zero-order valence-electron chi connectivity index (χ0n) is 15.3. The molecule has 0 radical (unpaired) electrons. The Morgan fingerprint density at radius 3 is 2.77 bits per heavy atom. The van der Waals surface area contributed by atoms with Crippen LogP contribution in [-0.4, -0.2) is 48.4 Å². The van der Waals surface area contributed by atoms with Gasteiger partial charge in [0.05, 0.1) is 5.56 Å². The predicted molar refractivity (Wildman–Crippen MR) is 99.7 cm³/mol. The number of aromatic carboxylic acids is 1. The van der Waals surface area contributed by atoms with Crippen LogP contribution in [0.3, 0.4) is 0 Å². The predicted octanol–water partition coefficient (Wildman–Crippen LogP) is 3.36. The summed E-state index contributed by atoms with van der Waals surface area (Å²) in [7, 11) is 1.73. The molecule has 0 unspecified atom stereocenters. The lowest BCUT2D eigenvalue weighted by molar-refractivity contribution is -0.0360. The molecule has 2 aromatic carbocycles. The maximum Gasteiger partial charge on any atom is 0.335 e. The first-order chi connectivity index (χ1) is 12.5. The Hall–Kier alpha value is -2.37. The highest BCUT2D eigenvalue weighted by atomic mass is 16.5. The minimum atomic E-state index is -0.897. The zero-order valence-corrected chi connectivity index (χ0v) is 15.3. The van der Waals surface area contributed by atoms with E-state index in [1.54, 1.807) is 25.3 Å². The van der Waals surface area contributed by atoms with Crippen LogP contribution in [0.1, 0.15) is 27.9 Å². The Balaban J connectivity index is 1.62.